The molecule has 0 saturated carbocycles. The van der Waals surface area contributed by atoms with Crippen molar-refractivity contribution in [3.8, 4) is 39.1 Å². The first kappa shape index (κ1) is 33.9. The van der Waals surface area contributed by atoms with Gasteiger partial charge in [0, 0.05) is 55.7 Å². The minimum absolute atomic E-state index is 0.479. The van der Waals surface area contributed by atoms with Crippen LogP contribution in [0.5, 0.6) is 0 Å². The molecule has 0 fully saturated rings. The van der Waals surface area contributed by atoms with Gasteiger partial charge in [0.15, 0.2) is 0 Å². The van der Waals surface area contributed by atoms with Crippen molar-refractivity contribution in [3.63, 3.8) is 0 Å². The van der Waals surface area contributed by atoms with Crippen molar-refractivity contribution in [1.82, 2.24) is 4.57 Å². The summed E-state index contributed by atoms with van der Waals surface area (Å²) in [6, 6.07) is 69.8. The van der Waals surface area contributed by atoms with Crippen LogP contribution in [-0.2, 0) is 6.42 Å². The zero-order valence-corrected chi connectivity index (χ0v) is 32.2. The monoisotopic (exact) mass is 744 g/mol. The summed E-state index contributed by atoms with van der Waals surface area (Å²) in [7, 11) is 0. The van der Waals surface area contributed by atoms with Crippen LogP contribution >= 0.6 is 0 Å². The van der Waals surface area contributed by atoms with E-state index in [1.165, 1.54) is 50.1 Å². The average Bonchev–Trinajstić information content (AvgIpc) is 3.83. The van der Waals surface area contributed by atoms with Crippen LogP contribution in [0.3, 0.4) is 0 Å². The smallest absolute Gasteiger partial charge is 0.143 e. The number of fused-ring (bicyclic) bond motifs is 6. The Morgan fingerprint density at radius 3 is 1.78 bits per heavy atom. The maximum atomic E-state index is 6.44. The van der Waals surface area contributed by atoms with Gasteiger partial charge in [0.05, 0.1) is 5.52 Å². The Bertz CT molecular complexity index is 3120. The minimum Gasteiger partial charge on any atom is -0.455 e. The van der Waals surface area contributed by atoms with Crippen molar-refractivity contribution in [3.05, 3.63) is 211 Å². The SMILES string of the molecule is CC1C=Cc2c(n(-c3ccccc3)c3ccc(N(c4ccc(-c5ccc(-c6ccccc6)cc5)cc4)c4ccc(-c5cccc6c5oc5ccccc56)cc4)cc23)C1. The van der Waals surface area contributed by atoms with E-state index in [2.05, 4.69) is 211 Å². The number of hydrogen-bond donors (Lipinski definition) is 0. The molecule has 0 aliphatic heterocycles. The second-order valence-electron chi connectivity index (χ2n) is 15.4. The van der Waals surface area contributed by atoms with E-state index in [1.807, 2.05) is 12.1 Å². The van der Waals surface area contributed by atoms with Gasteiger partial charge in [-0.2, -0.15) is 0 Å². The van der Waals surface area contributed by atoms with Crippen LogP contribution in [0.15, 0.2) is 205 Å². The maximum absolute atomic E-state index is 6.44. The van der Waals surface area contributed by atoms with Gasteiger partial charge < -0.3 is 13.9 Å². The Morgan fingerprint density at radius 1 is 0.500 bits per heavy atom. The van der Waals surface area contributed by atoms with Crippen LogP contribution in [0.1, 0.15) is 18.2 Å². The second-order valence-corrected chi connectivity index (χ2v) is 15.4. The molecule has 276 valence electrons. The summed E-state index contributed by atoms with van der Waals surface area (Å²) in [5, 5.41) is 3.53. The quantitative estimate of drug-likeness (QED) is 0.162. The average molecular weight is 745 g/mol. The first-order chi connectivity index (χ1) is 28.7. The Morgan fingerprint density at radius 2 is 1.07 bits per heavy atom. The number of nitrogens with zero attached hydrogens (tertiary/aromatic N) is 2. The molecule has 3 nitrogen and oxygen atoms in total. The molecule has 58 heavy (non-hydrogen) atoms. The van der Waals surface area contributed by atoms with Crippen LogP contribution in [0.25, 0.3) is 78.0 Å². The van der Waals surface area contributed by atoms with E-state index in [0.29, 0.717) is 5.92 Å². The zero-order chi connectivity index (χ0) is 38.6. The van der Waals surface area contributed by atoms with Gasteiger partial charge in [-0.3, -0.25) is 0 Å². The van der Waals surface area contributed by atoms with E-state index in [1.54, 1.807) is 0 Å². The van der Waals surface area contributed by atoms with E-state index in [9.17, 15) is 0 Å². The van der Waals surface area contributed by atoms with Gasteiger partial charge in [-0.1, -0.05) is 153 Å². The summed E-state index contributed by atoms with van der Waals surface area (Å²) in [4.78, 5) is 2.38. The third-order valence-electron chi connectivity index (χ3n) is 11.8. The summed E-state index contributed by atoms with van der Waals surface area (Å²) in [6.45, 7) is 2.30. The van der Waals surface area contributed by atoms with E-state index in [0.717, 1.165) is 56.5 Å². The number of aromatic nitrogens is 1. The zero-order valence-electron chi connectivity index (χ0n) is 32.2. The molecule has 2 heterocycles. The summed E-state index contributed by atoms with van der Waals surface area (Å²) in [5.74, 6) is 0.479. The number of para-hydroxylation sites is 3. The minimum atomic E-state index is 0.479. The number of furan rings is 1. The number of anilines is 3. The molecule has 0 radical (unpaired) electrons. The van der Waals surface area contributed by atoms with Crippen LogP contribution in [0.2, 0.25) is 0 Å². The Balaban J connectivity index is 1.02. The van der Waals surface area contributed by atoms with Crippen molar-refractivity contribution < 1.29 is 4.42 Å². The molecule has 0 N–H and O–H groups in total. The van der Waals surface area contributed by atoms with E-state index < -0.39 is 0 Å². The lowest BCUT2D eigenvalue weighted by atomic mass is 9.94. The Labute approximate surface area is 338 Å². The number of allylic oxidation sites excluding steroid dienone is 1. The van der Waals surface area contributed by atoms with Gasteiger partial charge in [0.2, 0.25) is 0 Å². The maximum Gasteiger partial charge on any atom is 0.143 e. The molecule has 8 aromatic carbocycles. The summed E-state index contributed by atoms with van der Waals surface area (Å²) in [6.07, 6.45) is 5.69. The molecular weight excluding hydrogens is 705 g/mol. The molecule has 0 bridgehead atoms. The lowest BCUT2D eigenvalue weighted by molar-refractivity contribution is 0.670. The van der Waals surface area contributed by atoms with Gasteiger partial charge in [-0.25, -0.2) is 0 Å². The molecule has 0 saturated heterocycles. The van der Waals surface area contributed by atoms with Gasteiger partial charge in [-0.15, -0.1) is 0 Å². The highest BCUT2D eigenvalue weighted by Gasteiger charge is 2.23. The molecule has 0 amide bonds. The lowest BCUT2D eigenvalue weighted by Crippen LogP contribution is -2.10. The standard InChI is InChI=1S/C55H40N2O/c1-37-19-33-48-51-36-46(32-34-52(51)57(53(48)35-37)43-13-6-3-7-14-43)56(44-28-24-41(25-29-44)40-22-20-39(21-23-40)38-11-4-2-5-12-38)45-30-26-42(27-31-45)47-16-10-17-50-49-15-8-9-18-54(49)58-55(47)50/h2-34,36-37H,35H2,1H3. The predicted molar refractivity (Wildman–Crippen MR) is 243 cm³/mol. The normalized spacial score (nSPS) is 13.6. The molecule has 1 unspecified atom stereocenters. The van der Waals surface area contributed by atoms with Crippen molar-refractivity contribution in [2.75, 3.05) is 4.90 Å². The second kappa shape index (κ2) is 14.0. The highest BCUT2D eigenvalue weighted by Crippen LogP contribution is 2.43. The van der Waals surface area contributed by atoms with Gasteiger partial charge in [0.25, 0.3) is 0 Å². The lowest BCUT2D eigenvalue weighted by Gasteiger charge is -2.26. The summed E-state index contributed by atoms with van der Waals surface area (Å²) >= 11 is 0. The molecule has 1 aliphatic rings. The topological polar surface area (TPSA) is 21.3 Å². The molecule has 11 rings (SSSR count). The highest BCUT2D eigenvalue weighted by atomic mass is 16.3. The van der Waals surface area contributed by atoms with Gasteiger partial charge >= 0.3 is 0 Å². The molecule has 1 aliphatic carbocycles. The van der Waals surface area contributed by atoms with E-state index in [4.69, 9.17) is 4.42 Å². The first-order valence-corrected chi connectivity index (χ1v) is 20.1. The largest absolute Gasteiger partial charge is 0.455 e. The Hall–Kier alpha value is -7.36. The van der Waals surface area contributed by atoms with Crippen molar-refractivity contribution >= 4 is 56.0 Å². The van der Waals surface area contributed by atoms with E-state index in [-0.39, 0.29) is 0 Å². The van der Waals surface area contributed by atoms with Crippen molar-refractivity contribution in [1.29, 1.82) is 0 Å². The fourth-order valence-corrected chi connectivity index (χ4v) is 8.89. The molecule has 0 spiro atoms. The molecule has 10 aromatic rings. The molecule has 3 heteroatoms. The van der Waals surface area contributed by atoms with E-state index >= 15 is 0 Å². The van der Waals surface area contributed by atoms with Crippen LogP contribution < -0.4 is 4.90 Å². The van der Waals surface area contributed by atoms with Crippen LogP contribution in [0.4, 0.5) is 17.1 Å². The van der Waals surface area contributed by atoms with Crippen molar-refractivity contribution in [2.45, 2.75) is 13.3 Å². The molecule has 1 atom stereocenters. The highest BCUT2D eigenvalue weighted by molar-refractivity contribution is 6.09. The number of rotatable bonds is 7. The predicted octanol–water partition coefficient (Wildman–Crippen LogP) is 15.2. The fraction of sp³-hybridized carbons (Fsp3) is 0.0545. The third-order valence-corrected chi connectivity index (χ3v) is 11.8. The van der Waals surface area contributed by atoms with Gasteiger partial charge in [-0.05, 0) is 101 Å². The number of hydrogen-bond acceptors (Lipinski definition) is 2. The first-order valence-electron chi connectivity index (χ1n) is 20.1. The Kier molecular flexibility index (Phi) is 8.18. The van der Waals surface area contributed by atoms with Crippen molar-refractivity contribution in [2.24, 2.45) is 5.92 Å². The number of benzene rings is 8. The third kappa shape index (κ3) is 5.83. The molecule has 2 aromatic heterocycles. The summed E-state index contributed by atoms with van der Waals surface area (Å²) in [5.41, 5.74) is 17.2. The fourth-order valence-electron chi connectivity index (χ4n) is 8.89. The summed E-state index contributed by atoms with van der Waals surface area (Å²) < 4.78 is 8.90. The van der Waals surface area contributed by atoms with Crippen LogP contribution in [0, 0.1) is 5.92 Å². The molecular formula is C55H40N2O. The van der Waals surface area contributed by atoms with Gasteiger partial charge in [0.1, 0.15) is 11.2 Å². The van der Waals surface area contributed by atoms with Crippen LogP contribution in [-0.4, -0.2) is 4.57 Å².